The summed E-state index contributed by atoms with van der Waals surface area (Å²) < 4.78 is 0. The molecule has 1 aromatic carbocycles. The van der Waals surface area contributed by atoms with Gasteiger partial charge in [0.15, 0.2) is 0 Å². The minimum Gasteiger partial charge on any atom is -0.353 e. The summed E-state index contributed by atoms with van der Waals surface area (Å²) in [5.74, 6) is -0.631. The van der Waals surface area contributed by atoms with Crippen LogP contribution in [-0.2, 0) is 9.59 Å². The third-order valence-corrected chi connectivity index (χ3v) is 3.18. The van der Waals surface area contributed by atoms with E-state index < -0.39 is 0 Å². The van der Waals surface area contributed by atoms with Crippen molar-refractivity contribution in [3.8, 4) is 11.1 Å². The van der Waals surface area contributed by atoms with E-state index in [1.807, 2.05) is 36.4 Å². The Kier molecular flexibility index (Phi) is 6.46. The van der Waals surface area contributed by atoms with Crippen LogP contribution in [0.4, 0.5) is 0 Å². The van der Waals surface area contributed by atoms with Gasteiger partial charge < -0.3 is 16.0 Å². The van der Waals surface area contributed by atoms with Crippen molar-refractivity contribution in [1.29, 1.82) is 0 Å². The molecule has 0 bridgehead atoms. The second-order valence-corrected chi connectivity index (χ2v) is 4.90. The van der Waals surface area contributed by atoms with Gasteiger partial charge in [-0.1, -0.05) is 30.3 Å². The smallest absolute Gasteiger partial charge is 0.269 e. The van der Waals surface area contributed by atoms with Crippen LogP contribution < -0.4 is 16.0 Å². The zero-order valence-corrected chi connectivity index (χ0v) is 13.0. The molecule has 3 amide bonds. The quantitative estimate of drug-likeness (QED) is 0.481. The number of carbonyl (C=O) groups is 3. The maximum Gasteiger partial charge on any atom is 0.269 e. The number of rotatable bonds is 8. The lowest BCUT2D eigenvalue weighted by atomic mass is 10.1. The third kappa shape index (κ3) is 5.20. The lowest BCUT2D eigenvalue weighted by Crippen LogP contribution is -2.38. The van der Waals surface area contributed by atoms with Gasteiger partial charge in [-0.05, 0) is 23.3 Å². The molecular weight excluding hydrogens is 308 g/mol. The van der Waals surface area contributed by atoms with Crippen molar-refractivity contribution in [2.45, 2.75) is 0 Å². The number of hydrogen-bond donors (Lipinski definition) is 3. The highest BCUT2D eigenvalue weighted by atomic mass is 16.2. The number of benzene rings is 1. The summed E-state index contributed by atoms with van der Waals surface area (Å²) >= 11 is 0. The molecule has 0 aliphatic heterocycles. The highest BCUT2D eigenvalue weighted by Crippen LogP contribution is 2.18. The SMILES string of the molecule is O=CNCC(=O)NCCNC(=O)c1cc(-c2ccccc2)ccn1. The van der Waals surface area contributed by atoms with Crippen molar-refractivity contribution in [1.82, 2.24) is 20.9 Å². The second-order valence-electron chi connectivity index (χ2n) is 4.90. The first kappa shape index (κ1) is 17.1. The molecule has 3 N–H and O–H groups in total. The highest BCUT2D eigenvalue weighted by Gasteiger charge is 2.08. The van der Waals surface area contributed by atoms with Gasteiger partial charge >= 0.3 is 0 Å². The van der Waals surface area contributed by atoms with E-state index in [4.69, 9.17) is 0 Å². The Balaban J connectivity index is 1.85. The average molecular weight is 326 g/mol. The summed E-state index contributed by atoms with van der Waals surface area (Å²) in [6.45, 7) is 0.449. The molecule has 24 heavy (non-hydrogen) atoms. The lowest BCUT2D eigenvalue weighted by molar-refractivity contribution is -0.122. The van der Waals surface area contributed by atoms with E-state index in [1.165, 1.54) is 0 Å². The van der Waals surface area contributed by atoms with E-state index in [0.717, 1.165) is 11.1 Å². The summed E-state index contributed by atoms with van der Waals surface area (Å²) in [4.78, 5) is 37.5. The Bertz CT molecular complexity index is 704. The molecule has 1 aromatic heterocycles. The van der Waals surface area contributed by atoms with Gasteiger partial charge in [-0.25, -0.2) is 0 Å². The van der Waals surface area contributed by atoms with Crippen molar-refractivity contribution in [2.24, 2.45) is 0 Å². The first-order chi connectivity index (χ1) is 11.7. The van der Waals surface area contributed by atoms with E-state index >= 15 is 0 Å². The molecule has 2 aromatic rings. The van der Waals surface area contributed by atoms with Crippen molar-refractivity contribution in [2.75, 3.05) is 19.6 Å². The molecule has 1 heterocycles. The van der Waals surface area contributed by atoms with Crippen molar-refractivity contribution < 1.29 is 14.4 Å². The van der Waals surface area contributed by atoms with Gasteiger partial charge in [-0.3, -0.25) is 19.4 Å². The molecule has 0 fully saturated rings. The van der Waals surface area contributed by atoms with Crippen LogP contribution in [0.25, 0.3) is 11.1 Å². The van der Waals surface area contributed by atoms with Gasteiger partial charge in [0.2, 0.25) is 12.3 Å². The number of nitrogens with zero attached hydrogens (tertiary/aromatic N) is 1. The molecule has 0 radical (unpaired) electrons. The fourth-order valence-corrected chi connectivity index (χ4v) is 2.03. The van der Waals surface area contributed by atoms with E-state index in [1.54, 1.807) is 12.3 Å². The van der Waals surface area contributed by atoms with E-state index in [9.17, 15) is 14.4 Å². The number of aromatic nitrogens is 1. The van der Waals surface area contributed by atoms with Gasteiger partial charge in [0.05, 0.1) is 6.54 Å². The Labute approximate surface area is 139 Å². The molecular formula is C17H18N4O3. The van der Waals surface area contributed by atoms with Crippen LogP contribution in [0.1, 0.15) is 10.5 Å². The molecule has 7 heteroatoms. The molecule has 0 saturated carbocycles. The molecule has 0 aliphatic carbocycles. The van der Waals surface area contributed by atoms with Gasteiger partial charge in [0.1, 0.15) is 5.69 Å². The standard InChI is InChI=1S/C17H18N4O3/c22-12-18-11-16(23)20-8-9-21-17(24)15-10-14(6-7-19-15)13-4-2-1-3-5-13/h1-7,10,12H,8-9,11H2,(H,18,22)(H,20,23)(H,21,24). The van der Waals surface area contributed by atoms with Gasteiger partial charge in [-0.2, -0.15) is 0 Å². The van der Waals surface area contributed by atoms with Crippen LogP contribution in [0.2, 0.25) is 0 Å². The summed E-state index contributed by atoms with van der Waals surface area (Å²) in [6, 6.07) is 13.3. The molecule has 0 spiro atoms. The van der Waals surface area contributed by atoms with Gasteiger partial charge in [-0.15, -0.1) is 0 Å². The topological polar surface area (TPSA) is 100 Å². The summed E-state index contributed by atoms with van der Waals surface area (Å²) in [5.41, 5.74) is 2.22. The van der Waals surface area contributed by atoms with E-state index in [-0.39, 0.29) is 31.4 Å². The number of nitrogens with one attached hydrogen (secondary N) is 3. The Morgan fingerprint density at radius 1 is 1.00 bits per heavy atom. The molecule has 0 saturated heterocycles. The Hall–Kier alpha value is -3.22. The lowest BCUT2D eigenvalue weighted by Gasteiger charge is -2.08. The number of pyridine rings is 1. The van der Waals surface area contributed by atoms with E-state index in [2.05, 4.69) is 20.9 Å². The largest absolute Gasteiger partial charge is 0.353 e. The third-order valence-electron chi connectivity index (χ3n) is 3.18. The fourth-order valence-electron chi connectivity index (χ4n) is 2.03. The van der Waals surface area contributed by atoms with Gasteiger partial charge in [0.25, 0.3) is 5.91 Å². The molecule has 7 nitrogen and oxygen atoms in total. The van der Waals surface area contributed by atoms with Crippen LogP contribution in [-0.4, -0.2) is 42.8 Å². The normalized spacial score (nSPS) is 9.83. The van der Waals surface area contributed by atoms with Crippen LogP contribution in [0.15, 0.2) is 48.7 Å². The predicted molar refractivity (Wildman–Crippen MR) is 89.1 cm³/mol. The Morgan fingerprint density at radius 2 is 1.75 bits per heavy atom. The summed E-state index contributed by atoms with van der Waals surface area (Å²) in [7, 11) is 0. The summed E-state index contributed by atoms with van der Waals surface area (Å²) in [5, 5.41) is 7.50. The molecule has 124 valence electrons. The number of carbonyl (C=O) groups excluding carboxylic acids is 3. The first-order valence-corrected chi connectivity index (χ1v) is 7.44. The van der Waals surface area contributed by atoms with Crippen molar-refractivity contribution >= 4 is 18.2 Å². The first-order valence-electron chi connectivity index (χ1n) is 7.44. The zero-order valence-electron chi connectivity index (χ0n) is 13.0. The van der Waals surface area contributed by atoms with Crippen LogP contribution in [0.3, 0.4) is 0 Å². The molecule has 2 rings (SSSR count). The number of amides is 3. The highest BCUT2D eigenvalue weighted by molar-refractivity contribution is 5.93. The second kappa shape index (κ2) is 9.04. The van der Waals surface area contributed by atoms with Crippen molar-refractivity contribution in [3.63, 3.8) is 0 Å². The van der Waals surface area contributed by atoms with Crippen LogP contribution in [0, 0.1) is 0 Å². The minimum absolute atomic E-state index is 0.0852. The monoisotopic (exact) mass is 326 g/mol. The van der Waals surface area contributed by atoms with Crippen molar-refractivity contribution in [3.05, 3.63) is 54.4 Å². The molecule has 0 atom stereocenters. The Morgan fingerprint density at radius 3 is 2.50 bits per heavy atom. The number of hydrogen-bond acceptors (Lipinski definition) is 4. The van der Waals surface area contributed by atoms with Crippen LogP contribution >= 0.6 is 0 Å². The zero-order chi connectivity index (χ0) is 17.2. The fraction of sp³-hybridized carbons (Fsp3) is 0.176. The van der Waals surface area contributed by atoms with Gasteiger partial charge in [0, 0.05) is 19.3 Å². The minimum atomic E-state index is -0.319. The van der Waals surface area contributed by atoms with Crippen LogP contribution in [0.5, 0.6) is 0 Å². The molecule has 0 aliphatic rings. The maximum absolute atomic E-state index is 12.1. The summed E-state index contributed by atoms with van der Waals surface area (Å²) in [6.07, 6.45) is 2.04. The molecule has 0 unspecified atom stereocenters. The average Bonchev–Trinajstić information content (AvgIpc) is 2.64. The predicted octanol–water partition coefficient (Wildman–Crippen LogP) is 0.341. The maximum atomic E-state index is 12.1. The van der Waals surface area contributed by atoms with E-state index in [0.29, 0.717) is 12.1 Å².